The van der Waals surface area contributed by atoms with Gasteiger partial charge in [0.1, 0.15) is 6.54 Å². The third kappa shape index (κ3) is 3.92. The number of hydrogen-bond acceptors (Lipinski definition) is 4. The Morgan fingerprint density at radius 1 is 1.16 bits per heavy atom. The van der Waals surface area contributed by atoms with E-state index in [-0.39, 0.29) is 17.9 Å². The summed E-state index contributed by atoms with van der Waals surface area (Å²) in [7, 11) is 3.51. The molecule has 1 saturated carbocycles. The highest BCUT2D eigenvalue weighted by Crippen LogP contribution is 2.52. The van der Waals surface area contributed by atoms with Crippen LogP contribution in [0.1, 0.15) is 33.1 Å². The molecule has 0 aromatic rings. The van der Waals surface area contributed by atoms with Crippen LogP contribution in [0.5, 0.6) is 0 Å². The Kier molecular flexibility index (Phi) is 5.53. The zero-order valence-electron chi connectivity index (χ0n) is 15.9. The Balaban J connectivity index is 1.67. The molecule has 0 aromatic heterocycles. The molecule has 7 heteroatoms. The summed E-state index contributed by atoms with van der Waals surface area (Å²) in [4.78, 5) is 18.1. The van der Waals surface area contributed by atoms with Gasteiger partial charge in [0.25, 0.3) is 0 Å². The molecule has 3 fully saturated rings. The molecule has 25 heavy (non-hydrogen) atoms. The molecule has 2 aliphatic heterocycles. The Hall–Kier alpha value is -1.34. The van der Waals surface area contributed by atoms with E-state index in [1.807, 2.05) is 0 Å². The number of carbonyl (C=O) groups is 1. The molecule has 7 nitrogen and oxygen atoms in total. The molecule has 2 heterocycles. The van der Waals surface area contributed by atoms with Crippen LogP contribution in [0.3, 0.4) is 0 Å². The van der Waals surface area contributed by atoms with E-state index in [1.165, 1.54) is 0 Å². The van der Waals surface area contributed by atoms with Crippen LogP contribution < -0.4 is 10.6 Å². The van der Waals surface area contributed by atoms with Crippen LogP contribution in [0.4, 0.5) is 0 Å². The minimum atomic E-state index is 0.00280. The SMILES string of the molecule is CN(C)C(=O)CN=C(NC1CCOCC1)NC1C2CCOC2C1(C)C. The topological polar surface area (TPSA) is 75.2 Å². The van der Waals surface area contributed by atoms with Crippen LogP contribution >= 0.6 is 0 Å². The average Bonchev–Trinajstić information content (AvgIpc) is 3.04. The van der Waals surface area contributed by atoms with Gasteiger partial charge in [0.2, 0.25) is 5.91 Å². The predicted molar refractivity (Wildman–Crippen MR) is 96.5 cm³/mol. The third-order valence-corrected chi connectivity index (χ3v) is 5.83. The van der Waals surface area contributed by atoms with Crippen molar-refractivity contribution in [3.63, 3.8) is 0 Å². The maximum atomic E-state index is 11.9. The van der Waals surface area contributed by atoms with Crippen molar-refractivity contribution in [2.75, 3.05) is 40.5 Å². The Labute approximate surface area is 150 Å². The van der Waals surface area contributed by atoms with Gasteiger partial charge >= 0.3 is 0 Å². The molecule has 2 saturated heterocycles. The zero-order chi connectivity index (χ0) is 18.0. The summed E-state index contributed by atoms with van der Waals surface area (Å²) in [5.41, 5.74) is 0.0743. The molecule has 3 atom stereocenters. The number of nitrogens with one attached hydrogen (secondary N) is 2. The maximum absolute atomic E-state index is 11.9. The van der Waals surface area contributed by atoms with Gasteiger partial charge in [-0.1, -0.05) is 13.8 Å². The molecule has 142 valence electrons. The largest absolute Gasteiger partial charge is 0.381 e. The van der Waals surface area contributed by atoms with Gasteiger partial charge in [0.15, 0.2) is 5.96 Å². The fraction of sp³-hybridized carbons (Fsp3) is 0.889. The monoisotopic (exact) mass is 352 g/mol. The van der Waals surface area contributed by atoms with Gasteiger partial charge in [-0.2, -0.15) is 0 Å². The van der Waals surface area contributed by atoms with E-state index >= 15 is 0 Å². The quantitative estimate of drug-likeness (QED) is 0.573. The van der Waals surface area contributed by atoms with Crippen molar-refractivity contribution in [2.24, 2.45) is 16.3 Å². The highest BCUT2D eigenvalue weighted by atomic mass is 16.5. The standard InChI is InChI=1S/C18H32N4O3/c1-18(2)15(13-7-10-25-16(13)18)21-17(19-11-14(23)22(3)4)20-12-5-8-24-9-6-12/h12-13,15-16H,5-11H2,1-4H3,(H2,19,20,21). The van der Waals surface area contributed by atoms with Crippen molar-refractivity contribution in [3.05, 3.63) is 0 Å². The van der Waals surface area contributed by atoms with Gasteiger partial charge in [-0.05, 0) is 19.3 Å². The second-order valence-corrected chi connectivity index (χ2v) is 8.17. The van der Waals surface area contributed by atoms with Gasteiger partial charge in [0, 0.05) is 57.3 Å². The number of guanidine groups is 1. The molecular weight excluding hydrogens is 320 g/mol. The summed E-state index contributed by atoms with van der Waals surface area (Å²) in [5.74, 6) is 1.27. The van der Waals surface area contributed by atoms with Crippen molar-refractivity contribution >= 4 is 11.9 Å². The van der Waals surface area contributed by atoms with Crippen LogP contribution in [0, 0.1) is 11.3 Å². The first-order valence-corrected chi connectivity index (χ1v) is 9.36. The molecule has 3 aliphatic rings. The summed E-state index contributed by atoms with van der Waals surface area (Å²) in [6.45, 7) is 7.03. The average molecular weight is 352 g/mol. The fourth-order valence-electron chi connectivity index (χ4n) is 4.22. The van der Waals surface area contributed by atoms with E-state index < -0.39 is 0 Å². The Morgan fingerprint density at radius 2 is 1.88 bits per heavy atom. The normalized spacial score (nSPS) is 31.8. The molecule has 0 spiro atoms. The summed E-state index contributed by atoms with van der Waals surface area (Å²) < 4.78 is 11.3. The molecule has 0 bridgehead atoms. The number of nitrogens with zero attached hydrogens (tertiary/aromatic N) is 2. The van der Waals surface area contributed by atoms with Crippen molar-refractivity contribution in [2.45, 2.75) is 51.3 Å². The molecule has 1 aliphatic carbocycles. The lowest BCUT2D eigenvalue weighted by atomic mass is 9.57. The minimum Gasteiger partial charge on any atom is -0.381 e. The van der Waals surface area contributed by atoms with Gasteiger partial charge in [-0.3, -0.25) is 4.79 Å². The number of amides is 1. The summed E-state index contributed by atoms with van der Waals surface area (Å²) in [5, 5.41) is 7.12. The number of carbonyl (C=O) groups excluding carboxylic acids is 1. The number of likely N-dealkylation sites (N-methyl/N-ethyl adjacent to an activating group) is 1. The summed E-state index contributed by atoms with van der Waals surface area (Å²) >= 11 is 0. The molecule has 3 unspecified atom stereocenters. The maximum Gasteiger partial charge on any atom is 0.243 e. The highest BCUT2D eigenvalue weighted by Gasteiger charge is 2.59. The van der Waals surface area contributed by atoms with Crippen LogP contribution in [-0.2, 0) is 14.3 Å². The first kappa shape index (κ1) is 18.5. The second kappa shape index (κ2) is 7.50. The van der Waals surface area contributed by atoms with E-state index in [9.17, 15) is 4.79 Å². The predicted octanol–water partition coefficient (Wildman–Crippen LogP) is 0.602. The lowest BCUT2D eigenvalue weighted by Gasteiger charge is -2.55. The van der Waals surface area contributed by atoms with Crippen LogP contribution in [0.2, 0.25) is 0 Å². The summed E-state index contributed by atoms with van der Waals surface area (Å²) in [6, 6.07) is 0.661. The van der Waals surface area contributed by atoms with E-state index in [2.05, 4.69) is 29.5 Å². The third-order valence-electron chi connectivity index (χ3n) is 5.83. The number of ether oxygens (including phenoxy) is 2. The zero-order valence-corrected chi connectivity index (χ0v) is 15.9. The van der Waals surface area contributed by atoms with Crippen LogP contribution in [-0.4, -0.2) is 75.4 Å². The lowest BCUT2D eigenvalue weighted by molar-refractivity contribution is -0.127. The van der Waals surface area contributed by atoms with E-state index in [1.54, 1.807) is 19.0 Å². The molecule has 2 N–H and O–H groups in total. The van der Waals surface area contributed by atoms with Gasteiger partial charge in [-0.25, -0.2) is 4.99 Å². The summed E-state index contributed by atoms with van der Waals surface area (Å²) in [6.07, 6.45) is 3.35. The molecule has 3 rings (SSSR count). The first-order chi connectivity index (χ1) is 11.9. The van der Waals surface area contributed by atoms with E-state index in [4.69, 9.17) is 9.47 Å². The second-order valence-electron chi connectivity index (χ2n) is 8.17. The number of aliphatic imine (C=N–C) groups is 1. The van der Waals surface area contributed by atoms with Crippen molar-refractivity contribution < 1.29 is 14.3 Å². The lowest BCUT2D eigenvalue weighted by Crippen LogP contribution is -2.68. The Morgan fingerprint density at radius 3 is 2.56 bits per heavy atom. The molecule has 0 aromatic carbocycles. The van der Waals surface area contributed by atoms with Crippen LogP contribution in [0.25, 0.3) is 0 Å². The van der Waals surface area contributed by atoms with Crippen LogP contribution in [0.15, 0.2) is 4.99 Å². The van der Waals surface area contributed by atoms with Gasteiger partial charge in [0.05, 0.1) is 6.10 Å². The minimum absolute atomic E-state index is 0.00280. The first-order valence-electron chi connectivity index (χ1n) is 9.36. The number of fused-ring (bicyclic) bond motifs is 1. The molecule has 0 radical (unpaired) electrons. The molecular formula is C18H32N4O3. The molecule has 1 amide bonds. The smallest absolute Gasteiger partial charge is 0.243 e. The Bertz CT molecular complexity index is 514. The van der Waals surface area contributed by atoms with Crippen molar-refractivity contribution in [3.8, 4) is 0 Å². The number of rotatable bonds is 4. The highest BCUT2D eigenvalue weighted by molar-refractivity contribution is 5.85. The van der Waals surface area contributed by atoms with Gasteiger partial charge in [-0.15, -0.1) is 0 Å². The van der Waals surface area contributed by atoms with E-state index in [0.29, 0.717) is 24.1 Å². The van der Waals surface area contributed by atoms with E-state index in [0.717, 1.165) is 45.0 Å². The van der Waals surface area contributed by atoms with Crippen molar-refractivity contribution in [1.82, 2.24) is 15.5 Å². The van der Waals surface area contributed by atoms with Gasteiger partial charge < -0.3 is 25.0 Å². The van der Waals surface area contributed by atoms with Crippen molar-refractivity contribution in [1.29, 1.82) is 0 Å². The fourth-order valence-corrected chi connectivity index (χ4v) is 4.22. The number of hydrogen-bond donors (Lipinski definition) is 2.